The molecule has 0 aliphatic heterocycles. The van der Waals surface area contributed by atoms with Crippen LogP contribution in [0.4, 0.5) is 11.4 Å². The first-order chi connectivity index (χ1) is 13.5. The third-order valence-corrected chi connectivity index (χ3v) is 4.21. The van der Waals surface area contributed by atoms with E-state index >= 15 is 0 Å². The summed E-state index contributed by atoms with van der Waals surface area (Å²) >= 11 is 5.86. The Morgan fingerprint density at radius 3 is 2.39 bits per heavy atom. The molecule has 0 fully saturated rings. The van der Waals surface area contributed by atoms with Gasteiger partial charge >= 0.3 is 5.97 Å². The molecule has 1 heterocycles. The smallest absolute Gasteiger partial charge is 0.337 e. The maximum atomic E-state index is 12.4. The number of ether oxygens (including phenoxy) is 1. The Morgan fingerprint density at radius 1 is 1.00 bits per heavy atom. The second kappa shape index (κ2) is 9.01. The van der Waals surface area contributed by atoms with Crippen molar-refractivity contribution >= 4 is 34.9 Å². The number of rotatable bonds is 6. The molecule has 7 heteroatoms. The average molecular weight is 396 g/mol. The number of carbonyl (C=O) groups is 2. The molecule has 2 N–H and O–H groups in total. The number of aromatic nitrogens is 1. The molecule has 0 atom stereocenters. The summed E-state index contributed by atoms with van der Waals surface area (Å²) in [6, 6.07) is 17.5. The van der Waals surface area contributed by atoms with Gasteiger partial charge in [0.25, 0.3) is 5.91 Å². The van der Waals surface area contributed by atoms with Crippen molar-refractivity contribution in [3.05, 3.63) is 88.7 Å². The van der Waals surface area contributed by atoms with Gasteiger partial charge in [-0.2, -0.15) is 0 Å². The first-order valence-electron chi connectivity index (χ1n) is 8.49. The fourth-order valence-electron chi connectivity index (χ4n) is 2.48. The van der Waals surface area contributed by atoms with E-state index in [0.717, 1.165) is 11.3 Å². The van der Waals surface area contributed by atoms with Gasteiger partial charge in [-0.05, 0) is 54.1 Å². The van der Waals surface area contributed by atoms with E-state index in [1.807, 2.05) is 12.1 Å². The number of esters is 1. The van der Waals surface area contributed by atoms with Gasteiger partial charge in [-0.1, -0.05) is 23.7 Å². The lowest BCUT2D eigenvalue weighted by Crippen LogP contribution is -2.23. The van der Waals surface area contributed by atoms with E-state index in [-0.39, 0.29) is 5.91 Å². The molecule has 1 amide bonds. The molecule has 0 saturated heterocycles. The minimum atomic E-state index is -0.393. The van der Waals surface area contributed by atoms with E-state index in [0.29, 0.717) is 28.5 Å². The number of pyridine rings is 1. The molecule has 2 aromatic carbocycles. The van der Waals surface area contributed by atoms with Crippen LogP contribution in [0.25, 0.3) is 0 Å². The van der Waals surface area contributed by atoms with Gasteiger partial charge in [0.1, 0.15) is 5.69 Å². The van der Waals surface area contributed by atoms with Gasteiger partial charge in [0.05, 0.1) is 12.7 Å². The largest absolute Gasteiger partial charge is 0.465 e. The number of nitrogens with zero attached hydrogens (tertiary/aromatic N) is 1. The molecule has 0 aliphatic carbocycles. The lowest BCUT2D eigenvalue weighted by Gasteiger charge is -2.09. The third kappa shape index (κ3) is 5.08. The molecule has 0 spiro atoms. The number of carbonyl (C=O) groups excluding carboxylic acids is 2. The topological polar surface area (TPSA) is 80.3 Å². The van der Waals surface area contributed by atoms with Crippen LogP contribution in [0.5, 0.6) is 0 Å². The van der Waals surface area contributed by atoms with Crippen molar-refractivity contribution < 1.29 is 14.3 Å². The Morgan fingerprint density at radius 2 is 1.71 bits per heavy atom. The molecule has 6 nitrogen and oxygen atoms in total. The van der Waals surface area contributed by atoms with Crippen molar-refractivity contribution in [1.82, 2.24) is 10.3 Å². The molecule has 28 heavy (non-hydrogen) atoms. The summed E-state index contributed by atoms with van der Waals surface area (Å²) in [6.45, 7) is 0.379. The van der Waals surface area contributed by atoms with Crippen molar-refractivity contribution in [1.29, 1.82) is 0 Å². The minimum Gasteiger partial charge on any atom is -0.465 e. The molecule has 1 aromatic heterocycles. The number of halogens is 1. The van der Waals surface area contributed by atoms with E-state index in [1.165, 1.54) is 7.11 Å². The van der Waals surface area contributed by atoms with Crippen molar-refractivity contribution in [3.63, 3.8) is 0 Å². The van der Waals surface area contributed by atoms with Crippen LogP contribution >= 0.6 is 11.6 Å². The molecule has 3 rings (SSSR count). The fourth-order valence-corrected chi connectivity index (χ4v) is 2.61. The van der Waals surface area contributed by atoms with Crippen molar-refractivity contribution in [2.45, 2.75) is 6.54 Å². The number of amides is 1. The molecule has 0 saturated carbocycles. The summed E-state index contributed by atoms with van der Waals surface area (Å²) in [5.74, 6) is -0.672. The quantitative estimate of drug-likeness (QED) is 0.611. The summed E-state index contributed by atoms with van der Waals surface area (Å²) in [6.07, 6.45) is 1.56. The highest BCUT2D eigenvalue weighted by Crippen LogP contribution is 2.18. The standard InChI is InChI=1S/C21H18ClN3O3/c1-28-21(27)15-4-8-17(9-5-15)25-18-10-11-23-19(12-18)20(26)24-13-14-2-6-16(22)7-3-14/h2-12H,13H2,1H3,(H,23,25)(H,24,26). The van der Waals surface area contributed by atoms with E-state index in [1.54, 1.807) is 54.7 Å². The predicted octanol–water partition coefficient (Wildman–Crippen LogP) is 4.20. The average Bonchev–Trinajstić information content (AvgIpc) is 2.73. The number of benzene rings is 2. The van der Waals surface area contributed by atoms with Crippen molar-refractivity contribution in [2.75, 3.05) is 12.4 Å². The molecular formula is C21H18ClN3O3. The Bertz CT molecular complexity index is 973. The minimum absolute atomic E-state index is 0.278. The van der Waals surface area contributed by atoms with Crippen LogP contribution in [0.2, 0.25) is 5.02 Å². The second-order valence-corrected chi connectivity index (χ2v) is 6.37. The number of methoxy groups -OCH3 is 1. The van der Waals surface area contributed by atoms with Crippen LogP contribution in [0.3, 0.4) is 0 Å². The molecular weight excluding hydrogens is 378 g/mol. The van der Waals surface area contributed by atoms with Gasteiger partial charge in [0.2, 0.25) is 0 Å². The molecule has 3 aromatic rings. The third-order valence-electron chi connectivity index (χ3n) is 3.95. The lowest BCUT2D eigenvalue weighted by atomic mass is 10.2. The van der Waals surface area contributed by atoms with Crippen LogP contribution in [0.1, 0.15) is 26.4 Å². The number of anilines is 2. The maximum Gasteiger partial charge on any atom is 0.337 e. The van der Waals surface area contributed by atoms with Crippen LogP contribution in [0.15, 0.2) is 66.9 Å². The SMILES string of the molecule is COC(=O)c1ccc(Nc2ccnc(C(=O)NCc3ccc(Cl)cc3)c2)cc1. The van der Waals surface area contributed by atoms with E-state index in [2.05, 4.69) is 20.4 Å². The Kier molecular flexibility index (Phi) is 6.24. The zero-order chi connectivity index (χ0) is 19.9. The predicted molar refractivity (Wildman–Crippen MR) is 108 cm³/mol. The molecule has 0 bridgehead atoms. The van der Waals surface area contributed by atoms with Gasteiger partial charge in [-0.3, -0.25) is 9.78 Å². The molecule has 0 radical (unpaired) electrons. The second-order valence-electron chi connectivity index (χ2n) is 5.93. The van der Waals surface area contributed by atoms with Crippen molar-refractivity contribution in [3.8, 4) is 0 Å². The summed E-state index contributed by atoms with van der Waals surface area (Å²) < 4.78 is 4.68. The molecule has 142 valence electrons. The first kappa shape index (κ1) is 19.4. The van der Waals surface area contributed by atoms with Gasteiger partial charge in [-0.25, -0.2) is 4.79 Å². The fraction of sp³-hybridized carbons (Fsp3) is 0.0952. The Labute approximate surface area is 167 Å². The van der Waals surface area contributed by atoms with Gasteiger partial charge in [0, 0.05) is 29.1 Å². The van der Waals surface area contributed by atoms with E-state index in [9.17, 15) is 9.59 Å². The van der Waals surface area contributed by atoms with Gasteiger partial charge < -0.3 is 15.4 Å². The van der Waals surface area contributed by atoms with Crippen LogP contribution < -0.4 is 10.6 Å². The van der Waals surface area contributed by atoms with Gasteiger partial charge in [-0.15, -0.1) is 0 Å². The first-order valence-corrected chi connectivity index (χ1v) is 8.87. The highest BCUT2D eigenvalue weighted by atomic mass is 35.5. The van der Waals surface area contributed by atoms with E-state index in [4.69, 9.17) is 11.6 Å². The zero-order valence-corrected chi connectivity index (χ0v) is 15.9. The maximum absolute atomic E-state index is 12.4. The summed E-state index contributed by atoms with van der Waals surface area (Å²) in [5.41, 5.74) is 3.18. The monoisotopic (exact) mass is 395 g/mol. The highest BCUT2D eigenvalue weighted by Gasteiger charge is 2.09. The zero-order valence-electron chi connectivity index (χ0n) is 15.1. The highest BCUT2D eigenvalue weighted by molar-refractivity contribution is 6.30. The summed E-state index contributed by atoms with van der Waals surface area (Å²) in [5, 5.41) is 6.65. The lowest BCUT2D eigenvalue weighted by molar-refractivity contribution is 0.0600. The number of hydrogen-bond acceptors (Lipinski definition) is 5. The van der Waals surface area contributed by atoms with Crippen LogP contribution in [0, 0.1) is 0 Å². The van der Waals surface area contributed by atoms with E-state index < -0.39 is 5.97 Å². The molecule has 0 aliphatic rings. The molecule has 0 unspecified atom stereocenters. The van der Waals surface area contributed by atoms with Crippen LogP contribution in [-0.4, -0.2) is 24.0 Å². The number of hydrogen-bond donors (Lipinski definition) is 2. The number of nitrogens with one attached hydrogen (secondary N) is 2. The summed E-state index contributed by atoms with van der Waals surface area (Å²) in [7, 11) is 1.34. The van der Waals surface area contributed by atoms with Gasteiger partial charge in [0.15, 0.2) is 0 Å². The Hall–Kier alpha value is -3.38. The normalized spacial score (nSPS) is 10.2. The van der Waals surface area contributed by atoms with Crippen molar-refractivity contribution in [2.24, 2.45) is 0 Å². The summed E-state index contributed by atoms with van der Waals surface area (Å²) in [4.78, 5) is 28.0. The van der Waals surface area contributed by atoms with Crippen LogP contribution in [-0.2, 0) is 11.3 Å². The Balaban J connectivity index is 1.63.